The molecule has 2 rings (SSSR count). The fraction of sp³-hybridized carbons (Fsp3) is 0.231. The SMILES string of the molecule is Cc1ccc(-c2c(C)sc(Br)c2CN)cc1. The van der Waals surface area contributed by atoms with E-state index in [2.05, 4.69) is 54.0 Å². The van der Waals surface area contributed by atoms with Crippen LogP contribution in [0.5, 0.6) is 0 Å². The predicted octanol–water partition coefficient (Wildman–Crippen LogP) is 4.25. The van der Waals surface area contributed by atoms with Gasteiger partial charge in [0.1, 0.15) is 0 Å². The van der Waals surface area contributed by atoms with Crippen molar-refractivity contribution in [3.8, 4) is 11.1 Å². The van der Waals surface area contributed by atoms with Gasteiger partial charge in [0.25, 0.3) is 0 Å². The van der Waals surface area contributed by atoms with Crippen LogP contribution >= 0.6 is 27.3 Å². The molecule has 16 heavy (non-hydrogen) atoms. The van der Waals surface area contributed by atoms with Crippen molar-refractivity contribution in [2.24, 2.45) is 5.73 Å². The first kappa shape index (κ1) is 11.8. The minimum atomic E-state index is 0.578. The van der Waals surface area contributed by atoms with Gasteiger partial charge in [-0.2, -0.15) is 0 Å². The zero-order valence-corrected chi connectivity index (χ0v) is 11.8. The molecule has 0 aliphatic carbocycles. The van der Waals surface area contributed by atoms with Gasteiger partial charge in [0.2, 0.25) is 0 Å². The number of nitrogens with two attached hydrogens (primary N) is 1. The number of benzene rings is 1. The molecule has 1 aromatic heterocycles. The van der Waals surface area contributed by atoms with E-state index in [-0.39, 0.29) is 0 Å². The molecule has 84 valence electrons. The van der Waals surface area contributed by atoms with Crippen molar-refractivity contribution in [1.29, 1.82) is 0 Å². The molecule has 0 amide bonds. The van der Waals surface area contributed by atoms with Crippen LogP contribution in [0.1, 0.15) is 16.0 Å². The third kappa shape index (κ3) is 2.08. The highest BCUT2D eigenvalue weighted by atomic mass is 79.9. The molecular weight excluding hydrogens is 282 g/mol. The van der Waals surface area contributed by atoms with Gasteiger partial charge in [-0.3, -0.25) is 0 Å². The normalized spacial score (nSPS) is 10.8. The molecule has 0 saturated heterocycles. The molecule has 0 atom stereocenters. The Morgan fingerprint density at radius 2 is 1.81 bits per heavy atom. The van der Waals surface area contributed by atoms with Gasteiger partial charge in [0.15, 0.2) is 0 Å². The van der Waals surface area contributed by atoms with Crippen molar-refractivity contribution < 1.29 is 0 Å². The van der Waals surface area contributed by atoms with Gasteiger partial charge >= 0.3 is 0 Å². The molecule has 1 nitrogen and oxygen atoms in total. The van der Waals surface area contributed by atoms with Gasteiger partial charge in [0.05, 0.1) is 3.79 Å². The van der Waals surface area contributed by atoms with Crippen molar-refractivity contribution in [3.63, 3.8) is 0 Å². The van der Waals surface area contributed by atoms with E-state index in [1.165, 1.54) is 27.1 Å². The van der Waals surface area contributed by atoms with Crippen LogP contribution < -0.4 is 5.73 Å². The zero-order chi connectivity index (χ0) is 11.7. The van der Waals surface area contributed by atoms with Gasteiger partial charge in [-0.05, 0) is 40.9 Å². The summed E-state index contributed by atoms with van der Waals surface area (Å²) in [5, 5.41) is 0. The van der Waals surface area contributed by atoms with E-state index < -0.39 is 0 Å². The fourth-order valence-electron chi connectivity index (χ4n) is 1.84. The molecule has 3 heteroatoms. The van der Waals surface area contributed by atoms with Crippen LogP contribution in [-0.4, -0.2) is 0 Å². The third-order valence-corrected chi connectivity index (χ3v) is 4.58. The van der Waals surface area contributed by atoms with Gasteiger partial charge in [-0.1, -0.05) is 29.8 Å². The monoisotopic (exact) mass is 295 g/mol. The fourth-order valence-corrected chi connectivity index (χ4v) is 3.85. The number of thiophene rings is 1. The van der Waals surface area contributed by atoms with E-state index in [0.717, 1.165) is 3.79 Å². The van der Waals surface area contributed by atoms with Crippen molar-refractivity contribution in [3.05, 3.63) is 44.1 Å². The summed E-state index contributed by atoms with van der Waals surface area (Å²) in [5.41, 5.74) is 10.9. The molecule has 0 aliphatic heterocycles. The van der Waals surface area contributed by atoms with Crippen LogP contribution in [0.15, 0.2) is 28.1 Å². The molecule has 2 N–H and O–H groups in total. The van der Waals surface area contributed by atoms with Crippen LogP contribution in [0, 0.1) is 13.8 Å². The lowest BCUT2D eigenvalue weighted by Gasteiger charge is -2.05. The van der Waals surface area contributed by atoms with Crippen LogP contribution in [-0.2, 0) is 6.54 Å². The molecule has 0 unspecified atom stereocenters. The van der Waals surface area contributed by atoms with Crippen molar-refractivity contribution in [2.45, 2.75) is 20.4 Å². The summed E-state index contributed by atoms with van der Waals surface area (Å²) in [4.78, 5) is 1.32. The maximum atomic E-state index is 5.81. The first-order valence-corrected chi connectivity index (χ1v) is 6.79. The molecule has 0 fully saturated rings. The summed E-state index contributed by atoms with van der Waals surface area (Å²) in [6, 6.07) is 8.60. The first-order valence-electron chi connectivity index (χ1n) is 5.18. The number of halogens is 1. The Morgan fingerprint density at radius 3 is 2.38 bits per heavy atom. The second kappa shape index (κ2) is 4.70. The van der Waals surface area contributed by atoms with Crippen LogP contribution in [0.3, 0.4) is 0 Å². The second-order valence-electron chi connectivity index (χ2n) is 3.86. The largest absolute Gasteiger partial charge is 0.326 e. The number of aryl methyl sites for hydroxylation is 2. The average Bonchev–Trinajstić information content (AvgIpc) is 2.54. The maximum Gasteiger partial charge on any atom is 0.0752 e. The quantitative estimate of drug-likeness (QED) is 0.880. The van der Waals surface area contributed by atoms with Gasteiger partial charge in [0, 0.05) is 17.0 Å². The van der Waals surface area contributed by atoms with Gasteiger partial charge < -0.3 is 5.73 Å². The summed E-state index contributed by atoms with van der Waals surface area (Å²) in [5.74, 6) is 0. The smallest absolute Gasteiger partial charge is 0.0752 e. The summed E-state index contributed by atoms with van der Waals surface area (Å²) in [6.45, 7) is 4.82. The Balaban J connectivity index is 2.59. The summed E-state index contributed by atoms with van der Waals surface area (Å²) >= 11 is 5.33. The summed E-state index contributed by atoms with van der Waals surface area (Å²) in [6.07, 6.45) is 0. The first-order chi connectivity index (χ1) is 7.63. The molecule has 0 saturated carbocycles. The lowest BCUT2D eigenvalue weighted by Crippen LogP contribution is -1.97. The number of hydrogen-bond acceptors (Lipinski definition) is 2. The standard InChI is InChI=1S/C13H14BrNS/c1-8-3-5-10(6-4-8)12-9(2)16-13(14)11(12)7-15/h3-6H,7,15H2,1-2H3. The third-order valence-electron chi connectivity index (χ3n) is 2.68. The molecule has 0 bridgehead atoms. The van der Waals surface area contributed by atoms with Crippen molar-refractivity contribution in [2.75, 3.05) is 0 Å². The Morgan fingerprint density at radius 1 is 1.19 bits per heavy atom. The minimum Gasteiger partial charge on any atom is -0.326 e. The minimum absolute atomic E-state index is 0.578. The highest BCUT2D eigenvalue weighted by Crippen LogP contribution is 2.39. The van der Waals surface area contributed by atoms with Crippen LogP contribution in [0.2, 0.25) is 0 Å². The van der Waals surface area contributed by atoms with Crippen molar-refractivity contribution >= 4 is 27.3 Å². The molecule has 0 spiro atoms. The molecule has 1 heterocycles. The van der Waals surface area contributed by atoms with E-state index in [4.69, 9.17) is 5.73 Å². The predicted molar refractivity (Wildman–Crippen MR) is 74.8 cm³/mol. The Kier molecular flexibility index (Phi) is 3.47. The highest BCUT2D eigenvalue weighted by Gasteiger charge is 2.14. The molecular formula is C13H14BrNS. The maximum absolute atomic E-state index is 5.81. The number of rotatable bonds is 2. The van der Waals surface area contributed by atoms with E-state index in [0.29, 0.717) is 6.54 Å². The van der Waals surface area contributed by atoms with Crippen LogP contribution in [0.4, 0.5) is 0 Å². The van der Waals surface area contributed by atoms with Gasteiger partial charge in [-0.25, -0.2) is 0 Å². The summed E-state index contributed by atoms with van der Waals surface area (Å²) in [7, 11) is 0. The highest BCUT2D eigenvalue weighted by molar-refractivity contribution is 9.11. The van der Waals surface area contributed by atoms with E-state index >= 15 is 0 Å². The van der Waals surface area contributed by atoms with E-state index in [1.54, 1.807) is 11.3 Å². The zero-order valence-electron chi connectivity index (χ0n) is 9.38. The van der Waals surface area contributed by atoms with E-state index in [1.807, 2.05) is 0 Å². The molecule has 0 aliphatic rings. The Bertz CT molecular complexity index is 499. The average molecular weight is 296 g/mol. The lowest BCUT2D eigenvalue weighted by molar-refractivity contribution is 1.08. The van der Waals surface area contributed by atoms with Crippen LogP contribution in [0.25, 0.3) is 11.1 Å². The number of hydrogen-bond donors (Lipinski definition) is 1. The molecule has 2 aromatic rings. The Hall–Kier alpha value is -0.640. The second-order valence-corrected chi connectivity index (χ2v) is 6.40. The summed E-state index contributed by atoms with van der Waals surface area (Å²) < 4.78 is 1.16. The van der Waals surface area contributed by atoms with Crippen molar-refractivity contribution in [1.82, 2.24) is 0 Å². The topological polar surface area (TPSA) is 26.0 Å². The van der Waals surface area contributed by atoms with E-state index in [9.17, 15) is 0 Å². The lowest BCUT2D eigenvalue weighted by atomic mass is 10.0. The molecule has 1 aromatic carbocycles. The van der Waals surface area contributed by atoms with Gasteiger partial charge in [-0.15, -0.1) is 11.3 Å². The molecule has 0 radical (unpaired) electrons. The Labute approximate surface area is 108 Å².